The second-order valence-corrected chi connectivity index (χ2v) is 6.45. The summed E-state index contributed by atoms with van der Waals surface area (Å²) < 4.78 is 6.90. The molecule has 3 aromatic heterocycles. The number of methoxy groups -OCH3 is 1. The Hall–Kier alpha value is -3.25. The van der Waals surface area contributed by atoms with Crippen molar-refractivity contribution in [3.05, 3.63) is 81.8 Å². The van der Waals surface area contributed by atoms with Gasteiger partial charge < -0.3 is 4.74 Å². The minimum atomic E-state index is -0.111. The molecule has 3 heterocycles. The lowest BCUT2D eigenvalue weighted by Crippen LogP contribution is -2.13. The summed E-state index contributed by atoms with van der Waals surface area (Å²) in [7, 11) is 1.62. The first-order valence-electron chi connectivity index (χ1n) is 7.98. The molecule has 0 aliphatic carbocycles. The lowest BCUT2D eigenvalue weighted by molar-refractivity contribution is 0.415. The standard InChI is InChI=1S/C20H15N3O2S/c1-25-17-6-2-5-15(10-17)18-13-26-20-22-16(11-19(24)23(18)20)8-7-14-4-3-9-21-12-14/h2-13H,1H3. The zero-order chi connectivity index (χ0) is 17.9. The van der Waals surface area contributed by atoms with Crippen LogP contribution in [0.15, 0.2) is 65.0 Å². The topological polar surface area (TPSA) is 56.5 Å². The average Bonchev–Trinajstić information content (AvgIpc) is 3.12. The van der Waals surface area contributed by atoms with Crippen molar-refractivity contribution in [1.82, 2.24) is 14.4 Å². The third-order valence-electron chi connectivity index (χ3n) is 3.92. The number of ether oxygens (including phenoxy) is 1. The van der Waals surface area contributed by atoms with Gasteiger partial charge in [0.25, 0.3) is 5.56 Å². The maximum atomic E-state index is 12.7. The summed E-state index contributed by atoms with van der Waals surface area (Å²) in [6, 6.07) is 13.0. The van der Waals surface area contributed by atoms with Gasteiger partial charge >= 0.3 is 0 Å². The van der Waals surface area contributed by atoms with Gasteiger partial charge in [-0.15, -0.1) is 11.3 Å². The molecular weight excluding hydrogens is 346 g/mol. The highest BCUT2D eigenvalue weighted by atomic mass is 32.1. The van der Waals surface area contributed by atoms with Gasteiger partial charge in [0.1, 0.15) is 5.75 Å². The molecule has 0 radical (unpaired) electrons. The molecule has 0 N–H and O–H groups in total. The molecule has 4 aromatic rings. The Balaban J connectivity index is 1.76. The number of hydrogen-bond acceptors (Lipinski definition) is 5. The van der Waals surface area contributed by atoms with E-state index < -0.39 is 0 Å². The summed E-state index contributed by atoms with van der Waals surface area (Å²) in [4.78, 5) is 22.0. The highest BCUT2D eigenvalue weighted by Gasteiger charge is 2.10. The van der Waals surface area contributed by atoms with Gasteiger partial charge in [-0.25, -0.2) is 4.98 Å². The Morgan fingerprint density at radius 2 is 2.08 bits per heavy atom. The average molecular weight is 361 g/mol. The summed E-state index contributed by atoms with van der Waals surface area (Å²) in [5, 5.41) is 1.94. The third-order valence-corrected chi connectivity index (χ3v) is 4.75. The van der Waals surface area contributed by atoms with Crippen LogP contribution in [-0.4, -0.2) is 21.5 Å². The molecule has 5 nitrogen and oxygen atoms in total. The van der Waals surface area contributed by atoms with E-state index in [9.17, 15) is 4.79 Å². The number of benzene rings is 1. The van der Waals surface area contributed by atoms with Crippen LogP contribution < -0.4 is 10.3 Å². The van der Waals surface area contributed by atoms with Crippen molar-refractivity contribution in [2.75, 3.05) is 7.11 Å². The van der Waals surface area contributed by atoms with E-state index in [1.54, 1.807) is 23.9 Å². The predicted molar refractivity (Wildman–Crippen MR) is 104 cm³/mol. The van der Waals surface area contributed by atoms with Gasteiger partial charge in [-0.3, -0.25) is 14.2 Å². The SMILES string of the molecule is COc1cccc(-c2csc3nc(C=Cc4cccnc4)cc(=O)n23)c1. The highest BCUT2D eigenvalue weighted by molar-refractivity contribution is 7.15. The van der Waals surface area contributed by atoms with Gasteiger partial charge in [0.05, 0.1) is 18.5 Å². The van der Waals surface area contributed by atoms with Gasteiger partial charge in [-0.05, 0) is 29.8 Å². The third kappa shape index (κ3) is 3.14. The maximum absolute atomic E-state index is 12.7. The van der Waals surface area contributed by atoms with Gasteiger partial charge in [0.15, 0.2) is 4.96 Å². The quantitative estimate of drug-likeness (QED) is 0.551. The fourth-order valence-corrected chi connectivity index (χ4v) is 3.57. The zero-order valence-corrected chi connectivity index (χ0v) is 14.8. The second kappa shape index (κ2) is 6.93. The van der Waals surface area contributed by atoms with E-state index in [1.165, 1.54) is 17.4 Å². The van der Waals surface area contributed by atoms with Crippen LogP contribution in [0.2, 0.25) is 0 Å². The molecule has 26 heavy (non-hydrogen) atoms. The van der Waals surface area contributed by atoms with Crippen LogP contribution in [0.4, 0.5) is 0 Å². The number of rotatable bonds is 4. The molecule has 0 saturated carbocycles. The Morgan fingerprint density at radius 1 is 1.15 bits per heavy atom. The molecule has 128 valence electrons. The minimum Gasteiger partial charge on any atom is -0.497 e. The van der Waals surface area contributed by atoms with E-state index in [-0.39, 0.29) is 5.56 Å². The molecule has 0 aliphatic rings. The lowest BCUT2D eigenvalue weighted by atomic mass is 10.1. The van der Waals surface area contributed by atoms with E-state index in [1.807, 2.05) is 53.9 Å². The van der Waals surface area contributed by atoms with Crippen LogP contribution in [0.3, 0.4) is 0 Å². The smallest absolute Gasteiger partial charge is 0.259 e. The van der Waals surface area contributed by atoms with Gasteiger partial charge in [-0.1, -0.05) is 24.3 Å². The number of hydrogen-bond donors (Lipinski definition) is 0. The molecule has 0 spiro atoms. The first-order valence-corrected chi connectivity index (χ1v) is 8.86. The van der Waals surface area contributed by atoms with E-state index in [0.29, 0.717) is 10.7 Å². The van der Waals surface area contributed by atoms with Crippen molar-refractivity contribution in [3.8, 4) is 17.0 Å². The Morgan fingerprint density at radius 3 is 2.88 bits per heavy atom. The van der Waals surface area contributed by atoms with E-state index in [0.717, 1.165) is 22.6 Å². The van der Waals surface area contributed by atoms with E-state index >= 15 is 0 Å². The number of fused-ring (bicyclic) bond motifs is 1. The summed E-state index contributed by atoms with van der Waals surface area (Å²) >= 11 is 1.44. The maximum Gasteiger partial charge on any atom is 0.259 e. The summed E-state index contributed by atoms with van der Waals surface area (Å²) in [5.74, 6) is 0.749. The predicted octanol–water partition coefficient (Wildman–Crippen LogP) is 4.00. The van der Waals surface area contributed by atoms with Crippen LogP contribution >= 0.6 is 11.3 Å². The van der Waals surface area contributed by atoms with Crippen molar-refractivity contribution >= 4 is 28.4 Å². The molecule has 0 fully saturated rings. The summed E-state index contributed by atoms with van der Waals surface area (Å²) in [6.45, 7) is 0. The number of pyridine rings is 1. The van der Waals surface area contributed by atoms with Crippen LogP contribution in [0.25, 0.3) is 28.4 Å². The van der Waals surface area contributed by atoms with E-state index in [4.69, 9.17) is 4.74 Å². The Bertz CT molecular complexity index is 1150. The molecule has 0 unspecified atom stereocenters. The van der Waals surface area contributed by atoms with Gasteiger partial charge in [0, 0.05) is 29.4 Å². The van der Waals surface area contributed by atoms with Gasteiger partial charge in [-0.2, -0.15) is 0 Å². The highest BCUT2D eigenvalue weighted by Crippen LogP contribution is 2.27. The molecule has 0 aliphatic heterocycles. The summed E-state index contributed by atoms with van der Waals surface area (Å²) in [6.07, 6.45) is 7.19. The van der Waals surface area contributed by atoms with Crippen LogP contribution in [0.5, 0.6) is 5.75 Å². The van der Waals surface area contributed by atoms with Crippen molar-refractivity contribution < 1.29 is 4.74 Å². The van der Waals surface area contributed by atoms with E-state index in [2.05, 4.69) is 9.97 Å². The van der Waals surface area contributed by atoms with Crippen molar-refractivity contribution in [2.45, 2.75) is 0 Å². The number of thiazole rings is 1. The molecule has 1 aromatic carbocycles. The zero-order valence-electron chi connectivity index (χ0n) is 14.0. The lowest BCUT2D eigenvalue weighted by Gasteiger charge is -2.04. The van der Waals surface area contributed by atoms with Crippen molar-refractivity contribution in [2.24, 2.45) is 0 Å². The van der Waals surface area contributed by atoms with Crippen molar-refractivity contribution in [1.29, 1.82) is 0 Å². The van der Waals surface area contributed by atoms with Gasteiger partial charge in [0.2, 0.25) is 0 Å². The second-order valence-electron chi connectivity index (χ2n) is 5.61. The normalized spacial score (nSPS) is 11.3. The fraction of sp³-hybridized carbons (Fsp3) is 0.0500. The molecule has 0 amide bonds. The molecule has 0 saturated heterocycles. The monoisotopic (exact) mass is 361 g/mol. The number of aromatic nitrogens is 3. The molecular formula is C20H15N3O2S. The fourth-order valence-electron chi connectivity index (χ4n) is 2.66. The summed E-state index contributed by atoms with van der Waals surface area (Å²) in [5.41, 5.74) is 3.19. The first kappa shape index (κ1) is 16.2. The van der Waals surface area contributed by atoms with Crippen LogP contribution in [0, 0.1) is 0 Å². The van der Waals surface area contributed by atoms with Crippen LogP contribution in [0.1, 0.15) is 11.3 Å². The number of nitrogens with zero attached hydrogens (tertiary/aromatic N) is 3. The van der Waals surface area contributed by atoms with Crippen molar-refractivity contribution in [3.63, 3.8) is 0 Å². The minimum absolute atomic E-state index is 0.111. The molecule has 4 rings (SSSR count). The molecule has 0 atom stereocenters. The van der Waals surface area contributed by atoms with Crippen LogP contribution in [-0.2, 0) is 0 Å². The Labute approximate surface area is 153 Å². The molecule has 6 heteroatoms. The molecule has 0 bridgehead atoms. The largest absolute Gasteiger partial charge is 0.497 e. The Kier molecular flexibility index (Phi) is 4.33. The first-order chi connectivity index (χ1) is 12.7.